The van der Waals surface area contributed by atoms with Crippen LogP contribution in [0.2, 0.25) is 0 Å². The molecule has 8 heteroatoms. The molecule has 0 aromatic heterocycles. The van der Waals surface area contributed by atoms with Crippen molar-refractivity contribution in [3.8, 4) is 11.5 Å². The number of sulfonamides is 1. The van der Waals surface area contributed by atoms with Crippen molar-refractivity contribution in [1.29, 1.82) is 0 Å². The molecule has 0 aliphatic rings. The van der Waals surface area contributed by atoms with E-state index in [2.05, 4.69) is 4.72 Å². The van der Waals surface area contributed by atoms with Gasteiger partial charge < -0.3 is 14.4 Å². The van der Waals surface area contributed by atoms with E-state index in [9.17, 15) is 13.2 Å². The Balaban J connectivity index is 2.14. The first-order valence-corrected chi connectivity index (χ1v) is 11.8. The van der Waals surface area contributed by atoms with Gasteiger partial charge in [0.15, 0.2) is 0 Å². The molecule has 0 radical (unpaired) electrons. The smallest absolute Gasteiger partial charge is 0.241 e. The van der Waals surface area contributed by atoms with E-state index in [0.29, 0.717) is 25.3 Å². The van der Waals surface area contributed by atoms with Crippen molar-refractivity contribution in [2.75, 3.05) is 20.8 Å². The number of rotatable bonds is 11. The van der Waals surface area contributed by atoms with Crippen molar-refractivity contribution in [3.05, 3.63) is 54.1 Å². The summed E-state index contributed by atoms with van der Waals surface area (Å²) in [5.74, 6) is 1.18. The molecule has 0 aliphatic heterocycles. The van der Waals surface area contributed by atoms with Crippen molar-refractivity contribution in [2.24, 2.45) is 5.92 Å². The van der Waals surface area contributed by atoms with Crippen molar-refractivity contribution in [3.63, 3.8) is 0 Å². The molecule has 0 saturated carbocycles. The first-order valence-electron chi connectivity index (χ1n) is 10.3. The lowest BCUT2D eigenvalue weighted by molar-refractivity contribution is -0.132. The number of hydrogen-bond acceptors (Lipinski definition) is 5. The molecule has 31 heavy (non-hydrogen) atoms. The second-order valence-electron chi connectivity index (χ2n) is 7.75. The van der Waals surface area contributed by atoms with Crippen LogP contribution in [0.4, 0.5) is 0 Å². The SMILES string of the molecule is CCOc1ccc(CN(C)C(=O)C(CC(C)C)NS(=O)(=O)c2ccc(OC)cc2)cc1. The van der Waals surface area contributed by atoms with Gasteiger partial charge in [-0.15, -0.1) is 0 Å². The van der Waals surface area contributed by atoms with Crippen molar-refractivity contribution >= 4 is 15.9 Å². The van der Waals surface area contributed by atoms with Crippen molar-refractivity contribution in [2.45, 2.75) is 44.7 Å². The molecule has 0 heterocycles. The number of likely N-dealkylation sites (N-methyl/N-ethyl adjacent to an activating group) is 1. The highest BCUT2D eigenvalue weighted by Gasteiger charge is 2.28. The molecule has 1 unspecified atom stereocenters. The Labute approximate surface area is 185 Å². The van der Waals surface area contributed by atoms with Crippen LogP contribution in [0.1, 0.15) is 32.8 Å². The van der Waals surface area contributed by atoms with E-state index in [1.807, 2.05) is 45.0 Å². The third-order valence-corrected chi connectivity index (χ3v) is 6.19. The van der Waals surface area contributed by atoms with Gasteiger partial charge in [0.25, 0.3) is 0 Å². The topological polar surface area (TPSA) is 84.9 Å². The van der Waals surface area contributed by atoms with E-state index in [1.54, 1.807) is 24.1 Å². The van der Waals surface area contributed by atoms with Gasteiger partial charge >= 0.3 is 0 Å². The maximum atomic E-state index is 13.1. The second kappa shape index (κ2) is 11.2. The van der Waals surface area contributed by atoms with Crippen LogP contribution in [0.15, 0.2) is 53.4 Å². The molecule has 2 rings (SSSR count). The molecule has 1 N–H and O–H groups in total. The van der Waals surface area contributed by atoms with Crippen molar-refractivity contribution in [1.82, 2.24) is 9.62 Å². The van der Waals surface area contributed by atoms with Crippen LogP contribution in [0.3, 0.4) is 0 Å². The molecular weight excluding hydrogens is 416 g/mol. The summed E-state index contributed by atoms with van der Waals surface area (Å²) in [6, 6.07) is 12.7. The third kappa shape index (κ3) is 7.25. The lowest BCUT2D eigenvalue weighted by Gasteiger charge is -2.26. The Morgan fingerprint density at radius 1 is 1.03 bits per heavy atom. The molecule has 1 atom stereocenters. The van der Waals surface area contributed by atoms with Gasteiger partial charge in [-0.2, -0.15) is 4.72 Å². The highest BCUT2D eigenvalue weighted by Crippen LogP contribution is 2.18. The summed E-state index contributed by atoms with van der Waals surface area (Å²) in [5.41, 5.74) is 0.931. The lowest BCUT2D eigenvalue weighted by atomic mass is 10.0. The first kappa shape index (κ1) is 24.7. The Morgan fingerprint density at radius 2 is 1.61 bits per heavy atom. The molecule has 0 fully saturated rings. The fourth-order valence-corrected chi connectivity index (χ4v) is 4.36. The summed E-state index contributed by atoms with van der Waals surface area (Å²) >= 11 is 0. The number of nitrogens with zero attached hydrogens (tertiary/aromatic N) is 1. The molecule has 170 valence electrons. The molecule has 0 saturated heterocycles. The molecular formula is C23H32N2O5S. The van der Waals surface area contributed by atoms with Gasteiger partial charge in [0.1, 0.15) is 17.5 Å². The minimum absolute atomic E-state index is 0.0871. The van der Waals surface area contributed by atoms with Gasteiger partial charge in [0.2, 0.25) is 15.9 Å². The maximum Gasteiger partial charge on any atom is 0.241 e. The van der Waals surface area contributed by atoms with Crippen LogP contribution in [-0.4, -0.2) is 46.0 Å². The number of nitrogens with one attached hydrogen (secondary N) is 1. The van der Waals surface area contributed by atoms with Gasteiger partial charge in [-0.05, 0) is 61.2 Å². The normalized spacial score (nSPS) is 12.5. The fourth-order valence-electron chi connectivity index (χ4n) is 3.16. The van der Waals surface area contributed by atoms with Crippen LogP contribution in [0.25, 0.3) is 0 Å². The standard InChI is InChI=1S/C23H32N2O5S/c1-6-30-20-9-7-18(8-10-20)16-25(4)23(26)22(15-17(2)3)24-31(27,28)21-13-11-19(29-5)12-14-21/h7-14,17,22,24H,6,15-16H2,1-5H3. The van der Waals surface area contributed by atoms with E-state index >= 15 is 0 Å². The number of methoxy groups -OCH3 is 1. The van der Waals surface area contributed by atoms with Gasteiger partial charge in [0, 0.05) is 13.6 Å². The predicted molar refractivity (Wildman–Crippen MR) is 121 cm³/mol. The average Bonchev–Trinajstić information content (AvgIpc) is 2.73. The highest BCUT2D eigenvalue weighted by molar-refractivity contribution is 7.89. The number of benzene rings is 2. The van der Waals surface area contributed by atoms with Crippen LogP contribution < -0.4 is 14.2 Å². The largest absolute Gasteiger partial charge is 0.497 e. The van der Waals surface area contributed by atoms with Crippen LogP contribution >= 0.6 is 0 Å². The minimum atomic E-state index is -3.86. The molecule has 2 aromatic carbocycles. The number of ether oxygens (including phenoxy) is 2. The summed E-state index contributed by atoms with van der Waals surface area (Å²) in [6.45, 7) is 6.78. The van der Waals surface area contributed by atoms with E-state index < -0.39 is 16.1 Å². The number of hydrogen-bond donors (Lipinski definition) is 1. The summed E-state index contributed by atoms with van der Waals surface area (Å²) in [4.78, 5) is 14.7. The zero-order chi connectivity index (χ0) is 23.0. The second-order valence-corrected chi connectivity index (χ2v) is 9.46. The maximum absolute atomic E-state index is 13.1. The quantitative estimate of drug-likeness (QED) is 0.569. The number of amides is 1. The number of carbonyl (C=O) groups excluding carboxylic acids is 1. The Hall–Kier alpha value is -2.58. The summed E-state index contributed by atoms with van der Waals surface area (Å²) in [6.07, 6.45) is 0.391. The fraction of sp³-hybridized carbons (Fsp3) is 0.435. The first-order chi connectivity index (χ1) is 14.7. The highest BCUT2D eigenvalue weighted by atomic mass is 32.2. The van der Waals surface area contributed by atoms with E-state index in [-0.39, 0.29) is 16.7 Å². The monoisotopic (exact) mass is 448 g/mol. The molecule has 2 aromatic rings. The molecule has 1 amide bonds. The van der Waals surface area contributed by atoms with E-state index in [0.717, 1.165) is 11.3 Å². The average molecular weight is 449 g/mol. The lowest BCUT2D eigenvalue weighted by Crippen LogP contribution is -2.47. The van der Waals surface area contributed by atoms with Crippen molar-refractivity contribution < 1.29 is 22.7 Å². The van der Waals surface area contributed by atoms with Crippen LogP contribution in [-0.2, 0) is 21.4 Å². The molecule has 0 spiro atoms. The number of carbonyl (C=O) groups is 1. The molecule has 0 aliphatic carbocycles. The van der Waals surface area contributed by atoms with Gasteiger partial charge in [-0.1, -0.05) is 26.0 Å². The summed E-state index contributed by atoms with van der Waals surface area (Å²) < 4.78 is 38.9. The Kier molecular flexibility index (Phi) is 8.88. The predicted octanol–water partition coefficient (Wildman–Crippen LogP) is 3.45. The van der Waals surface area contributed by atoms with Gasteiger partial charge in [-0.25, -0.2) is 8.42 Å². The van der Waals surface area contributed by atoms with E-state index in [4.69, 9.17) is 9.47 Å². The Bertz CT molecular complexity index is 941. The summed E-state index contributed by atoms with van der Waals surface area (Å²) in [7, 11) is -0.675. The molecule has 7 nitrogen and oxygen atoms in total. The van der Waals surface area contributed by atoms with Crippen LogP contribution in [0, 0.1) is 5.92 Å². The van der Waals surface area contributed by atoms with Crippen LogP contribution in [0.5, 0.6) is 11.5 Å². The summed E-state index contributed by atoms with van der Waals surface area (Å²) in [5, 5.41) is 0. The van der Waals surface area contributed by atoms with E-state index in [1.165, 1.54) is 19.2 Å². The third-order valence-electron chi connectivity index (χ3n) is 4.70. The Morgan fingerprint density at radius 3 is 2.13 bits per heavy atom. The zero-order valence-electron chi connectivity index (χ0n) is 18.8. The molecule has 0 bridgehead atoms. The van der Waals surface area contributed by atoms with Gasteiger partial charge in [-0.3, -0.25) is 4.79 Å². The van der Waals surface area contributed by atoms with Gasteiger partial charge in [0.05, 0.1) is 18.6 Å². The zero-order valence-corrected chi connectivity index (χ0v) is 19.6. The minimum Gasteiger partial charge on any atom is -0.497 e.